The van der Waals surface area contributed by atoms with Crippen molar-refractivity contribution in [3.8, 4) is 5.75 Å². The number of carbonyl (C=O) groups is 2. The molecule has 0 fully saturated rings. The van der Waals surface area contributed by atoms with Crippen LogP contribution in [0.15, 0.2) is 66.7 Å². The van der Waals surface area contributed by atoms with Gasteiger partial charge in [-0.25, -0.2) is 0 Å². The molecule has 2 aromatic carbocycles. The Morgan fingerprint density at radius 3 is 2.28 bits per heavy atom. The van der Waals surface area contributed by atoms with E-state index in [1.165, 1.54) is 6.42 Å². The summed E-state index contributed by atoms with van der Waals surface area (Å²) in [5.41, 5.74) is 1.65. The number of rotatable bonds is 13. The zero-order valence-electron chi connectivity index (χ0n) is 24.3. The van der Waals surface area contributed by atoms with E-state index in [1.54, 1.807) is 0 Å². The van der Waals surface area contributed by atoms with Gasteiger partial charge in [-0.3, -0.25) is 9.59 Å². The summed E-state index contributed by atoms with van der Waals surface area (Å²) >= 11 is 0. The second-order valence-electron chi connectivity index (χ2n) is 12.1. The summed E-state index contributed by atoms with van der Waals surface area (Å²) in [6.45, 7) is 11.3. The molecule has 0 bridgehead atoms. The highest BCUT2D eigenvalue weighted by Gasteiger charge is 2.28. The van der Waals surface area contributed by atoms with Gasteiger partial charge in [-0.15, -0.1) is 0 Å². The van der Waals surface area contributed by atoms with Gasteiger partial charge in [0.2, 0.25) is 11.8 Å². The highest BCUT2D eigenvalue weighted by Crippen LogP contribution is 2.18. The first-order valence-electron chi connectivity index (χ1n) is 14.4. The molecule has 6 heteroatoms. The minimum absolute atomic E-state index is 0.125. The topological polar surface area (TPSA) is 79.5 Å². The molecular formula is C33H47N3O3. The van der Waals surface area contributed by atoms with Gasteiger partial charge in [0, 0.05) is 18.5 Å². The van der Waals surface area contributed by atoms with Crippen LogP contribution in [0, 0.1) is 11.8 Å². The first kappa shape index (κ1) is 30.4. The summed E-state index contributed by atoms with van der Waals surface area (Å²) < 4.78 is 5.91. The smallest absolute Gasteiger partial charge is 0.243 e. The molecule has 212 valence electrons. The fraction of sp³-hybridized carbons (Fsp3) is 0.515. The first-order valence-corrected chi connectivity index (χ1v) is 14.4. The second kappa shape index (κ2) is 14.9. The summed E-state index contributed by atoms with van der Waals surface area (Å²) in [6, 6.07) is 16.8. The quantitative estimate of drug-likeness (QED) is 0.294. The third-order valence-corrected chi connectivity index (χ3v) is 6.75. The number of ether oxygens (including phenoxy) is 1. The van der Waals surface area contributed by atoms with E-state index in [1.807, 2.05) is 75.4 Å². The normalized spacial score (nSPS) is 16.9. The Kier molecular flexibility index (Phi) is 11.6. The lowest BCUT2D eigenvalue weighted by atomic mass is 9.95. The maximum Gasteiger partial charge on any atom is 0.243 e. The summed E-state index contributed by atoms with van der Waals surface area (Å²) in [4.78, 5) is 26.8. The average Bonchev–Trinajstić information content (AvgIpc) is 2.90. The van der Waals surface area contributed by atoms with Crippen molar-refractivity contribution >= 4 is 11.8 Å². The Bertz CT molecular complexity index is 1060. The van der Waals surface area contributed by atoms with Gasteiger partial charge in [-0.1, -0.05) is 68.5 Å². The number of hydrogen-bond donors (Lipinski definition) is 3. The van der Waals surface area contributed by atoms with Crippen molar-refractivity contribution in [2.45, 2.75) is 91.0 Å². The average molecular weight is 534 g/mol. The summed E-state index contributed by atoms with van der Waals surface area (Å²) in [5.74, 6) is 1.25. The van der Waals surface area contributed by atoms with Gasteiger partial charge in [-0.05, 0) is 81.5 Å². The molecule has 0 aliphatic heterocycles. The number of allylic oxidation sites excluding steroid dienone is 1. The summed E-state index contributed by atoms with van der Waals surface area (Å²) in [5, 5.41) is 9.63. The molecule has 0 saturated carbocycles. The van der Waals surface area contributed by atoms with Crippen molar-refractivity contribution in [1.29, 1.82) is 0 Å². The van der Waals surface area contributed by atoms with E-state index in [0.717, 1.165) is 36.3 Å². The van der Waals surface area contributed by atoms with Crippen molar-refractivity contribution in [3.05, 3.63) is 77.9 Å². The largest absolute Gasteiger partial charge is 0.489 e. The maximum atomic E-state index is 13.5. The Balaban J connectivity index is 1.67. The van der Waals surface area contributed by atoms with Gasteiger partial charge in [0.05, 0.1) is 6.04 Å². The Morgan fingerprint density at radius 1 is 0.949 bits per heavy atom. The third kappa shape index (κ3) is 11.3. The number of benzene rings is 2. The summed E-state index contributed by atoms with van der Waals surface area (Å²) in [6.07, 6.45) is 9.06. The Morgan fingerprint density at radius 2 is 1.67 bits per heavy atom. The van der Waals surface area contributed by atoms with Gasteiger partial charge in [0.1, 0.15) is 18.4 Å². The van der Waals surface area contributed by atoms with Crippen LogP contribution in [0.4, 0.5) is 0 Å². The highest BCUT2D eigenvalue weighted by atomic mass is 16.5. The van der Waals surface area contributed by atoms with E-state index < -0.39 is 11.6 Å². The van der Waals surface area contributed by atoms with Crippen LogP contribution in [0.3, 0.4) is 0 Å². The van der Waals surface area contributed by atoms with Crippen LogP contribution in [0.5, 0.6) is 5.75 Å². The Hall–Kier alpha value is -3.12. The zero-order valence-corrected chi connectivity index (χ0v) is 24.3. The molecule has 0 aromatic heterocycles. The predicted molar refractivity (Wildman–Crippen MR) is 158 cm³/mol. The summed E-state index contributed by atoms with van der Waals surface area (Å²) in [7, 11) is 0. The van der Waals surface area contributed by atoms with E-state index in [2.05, 4.69) is 41.9 Å². The van der Waals surface area contributed by atoms with Crippen LogP contribution >= 0.6 is 0 Å². The molecule has 0 spiro atoms. The van der Waals surface area contributed by atoms with E-state index in [9.17, 15) is 9.59 Å². The second-order valence-corrected chi connectivity index (χ2v) is 12.1. The van der Waals surface area contributed by atoms with E-state index in [0.29, 0.717) is 31.3 Å². The number of hydrogen-bond acceptors (Lipinski definition) is 4. The van der Waals surface area contributed by atoms with Gasteiger partial charge < -0.3 is 20.7 Å². The minimum Gasteiger partial charge on any atom is -0.489 e. The van der Waals surface area contributed by atoms with Crippen LogP contribution in [-0.4, -0.2) is 36.0 Å². The molecule has 1 unspecified atom stereocenters. The third-order valence-electron chi connectivity index (χ3n) is 6.75. The molecule has 0 radical (unpaired) electrons. The van der Waals surface area contributed by atoms with Crippen LogP contribution in [0.25, 0.3) is 0 Å². The minimum atomic E-state index is -0.682. The van der Waals surface area contributed by atoms with E-state index in [4.69, 9.17) is 4.74 Å². The Labute approximate surface area is 235 Å². The number of amides is 2. The molecule has 2 amide bonds. The SMILES string of the molecule is CC(C)C[C@H](NCC1C=CCCC1)C(=O)N[C@H](Cc1ccc(OCc2ccccc2)cc1)C(=O)NC(C)(C)C. The van der Waals surface area contributed by atoms with E-state index in [-0.39, 0.29) is 17.9 Å². The maximum absolute atomic E-state index is 13.5. The monoisotopic (exact) mass is 533 g/mol. The molecule has 1 aliphatic carbocycles. The van der Waals surface area contributed by atoms with Crippen molar-refractivity contribution in [2.75, 3.05) is 6.54 Å². The molecule has 3 atom stereocenters. The van der Waals surface area contributed by atoms with E-state index >= 15 is 0 Å². The van der Waals surface area contributed by atoms with Gasteiger partial charge in [0.25, 0.3) is 0 Å². The fourth-order valence-corrected chi connectivity index (χ4v) is 4.74. The van der Waals surface area contributed by atoms with Crippen molar-refractivity contribution in [3.63, 3.8) is 0 Å². The highest BCUT2D eigenvalue weighted by molar-refractivity contribution is 5.90. The lowest BCUT2D eigenvalue weighted by Crippen LogP contribution is -2.56. The van der Waals surface area contributed by atoms with Gasteiger partial charge in [-0.2, -0.15) is 0 Å². The molecule has 3 N–H and O–H groups in total. The van der Waals surface area contributed by atoms with Crippen LogP contribution in [0.2, 0.25) is 0 Å². The molecule has 0 saturated heterocycles. The lowest BCUT2D eigenvalue weighted by molar-refractivity contribution is -0.131. The van der Waals surface area contributed by atoms with Crippen molar-refractivity contribution < 1.29 is 14.3 Å². The molecule has 3 rings (SSSR count). The van der Waals surface area contributed by atoms with Crippen LogP contribution < -0.4 is 20.7 Å². The molecule has 6 nitrogen and oxygen atoms in total. The molecule has 2 aromatic rings. The zero-order chi connectivity index (χ0) is 28.3. The predicted octanol–water partition coefficient (Wildman–Crippen LogP) is 5.57. The van der Waals surface area contributed by atoms with Crippen molar-refractivity contribution in [1.82, 2.24) is 16.0 Å². The molecule has 0 heterocycles. The van der Waals surface area contributed by atoms with Gasteiger partial charge in [0.15, 0.2) is 0 Å². The fourth-order valence-electron chi connectivity index (χ4n) is 4.74. The number of nitrogens with one attached hydrogen (secondary N) is 3. The van der Waals surface area contributed by atoms with Gasteiger partial charge >= 0.3 is 0 Å². The molecular weight excluding hydrogens is 486 g/mol. The number of carbonyl (C=O) groups excluding carboxylic acids is 2. The molecule has 1 aliphatic rings. The van der Waals surface area contributed by atoms with Crippen LogP contribution in [0.1, 0.15) is 71.4 Å². The molecule has 39 heavy (non-hydrogen) atoms. The lowest BCUT2D eigenvalue weighted by Gasteiger charge is -2.28. The van der Waals surface area contributed by atoms with Crippen LogP contribution in [-0.2, 0) is 22.6 Å². The first-order chi connectivity index (χ1) is 18.6. The standard InChI is InChI=1S/C33H47N3O3/c1-24(2)20-29(34-22-26-12-8-6-9-13-26)31(37)35-30(32(38)36-33(3,4)5)21-25-16-18-28(19-17-25)39-23-27-14-10-7-11-15-27/h7-8,10-12,14-19,24,26,29-30,34H,6,9,13,20-23H2,1-5H3,(H,35,37)(H,36,38)/t26?,29-,30+/m0/s1. The van der Waals surface area contributed by atoms with Crippen molar-refractivity contribution in [2.24, 2.45) is 11.8 Å².